The normalized spacial score (nSPS) is 14.2. The number of nitrogens with zero attached hydrogens (tertiary/aromatic N) is 2. The summed E-state index contributed by atoms with van der Waals surface area (Å²) in [7, 11) is 0. The topological polar surface area (TPSA) is 90.3 Å². The minimum atomic E-state index is -4.55. The lowest BCUT2D eigenvalue weighted by atomic mass is 10.1. The highest BCUT2D eigenvalue weighted by Crippen LogP contribution is 2.17. The summed E-state index contributed by atoms with van der Waals surface area (Å²) in [5.41, 5.74) is 0.226. The number of hydrogen-bond donors (Lipinski definition) is 1. The minimum Gasteiger partial charge on any atom is -0.452 e. The number of benzene rings is 1. The van der Waals surface area contributed by atoms with Crippen LogP contribution in [0, 0.1) is 0 Å². The number of alkyl halides is 3. The van der Waals surface area contributed by atoms with Gasteiger partial charge in [0.25, 0.3) is 11.5 Å². The first-order valence-corrected chi connectivity index (χ1v) is 8.79. The molecule has 0 bridgehead atoms. The largest absolute Gasteiger partial charge is 0.452 e. The van der Waals surface area contributed by atoms with Crippen molar-refractivity contribution in [2.24, 2.45) is 0 Å². The molecular formula is C18H18F3N3O4. The second kappa shape index (κ2) is 7.99. The number of esters is 1. The summed E-state index contributed by atoms with van der Waals surface area (Å²) in [6, 6.07) is 4.21. The number of carbonyl (C=O) groups excluding carboxylic acids is 2. The standard InChI is InChI=1S/C18H18F3N3O4/c19-18(20,21)10-22-15(25)9-28-17(27)11-5-6-12-13(8-11)23-14-4-2-1-3-7-24(14)16(12)26/h5-6,8H,1-4,7,9-10H2,(H,22,25). The molecule has 0 fully saturated rings. The lowest BCUT2D eigenvalue weighted by molar-refractivity contribution is -0.140. The number of halogens is 3. The highest BCUT2D eigenvalue weighted by atomic mass is 19.4. The first kappa shape index (κ1) is 19.8. The van der Waals surface area contributed by atoms with E-state index in [9.17, 15) is 27.6 Å². The molecule has 2 aromatic rings. The molecule has 0 unspecified atom stereocenters. The Labute approximate surface area is 157 Å². The third kappa shape index (κ3) is 4.68. The Morgan fingerprint density at radius 2 is 2.00 bits per heavy atom. The molecule has 1 aromatic heterocycles. The summed E-state index contributed by atoms with van der Waals surface area (Å²) < 4.78 is 42.5. The van der Waals surface area contributed by atoms with Crippen LogP contribution in [0.5, 0.6) is 0 Å². The second-order valence-corrected chi connectivity index (χ2v) is 6.50. The van der Waals surface area contributed by atoms with Gasteiger partial charge in [0.05, 0.1) is 16.5 Å². The fourth-order valence-corrected chi connectivity index (χ4v) is 3.01. The zero-order valence-electron chi connectivity index (χ0n) is 14.8. The van der Waals surface area contributed by atoms with E-state index in [1.807, 2.05) is 0 Å². The molecule has 0 aliphatic carbocycles. The van der Waals surface area contributed by atoms with E-state index in [2.05, 4.69) is 4.98 Å². The van der Waals surface area contributed by atoms with Crippen LogP contribution in [0.15, 0.2) is 23.0 Å². The van der Waals surface area contributed by atoms with Crippen LogP contribution in [0.2, 0.25) is 0 Å². The Morgan fingerprint density at radius 1 is 1.21 bits per heavy atom. The molecule has 1 aliphatic rings. The first-order valence-electron chi connectivity index (χ1n) is 8.79. The Morgan fingerprint density at radius 3 is 2.75 bits per heavy atom. The van der Waals surface area contributed by atoms with Gasteiger partial charge >= 0.3 is 12.1 Å². The average Bonchev–Trinajstić information content (AvgIpc) is 2.89. The summed E-state index contributed by atoms with van der Waals surface area (Å²) in [5, 5.41) is 1.97. The van der Waals surface area contributed by atoms with E-state index in [-0.39, 0.29) is 11.1 Å². The van der Waals surface area contributed by atoms with Gasteiger partial charge in [-0.1, -0.05) is 6.42 Å². The van der Waals surface area contributed by atoms with E-state index in [0.29, 0.717) is 29.7 Å². The molecule has 3 rings (SSSR count). The number of hydrogen-bond acceptors (Lipinski definition) is 5. The van der Waals surface area contributed by atoms with Crippen molar-refractivity contribution in [3.8, 4) is 0 Å². The maximum absolute atomic E-state index is 12.6. The van der Waals surface area contributed by atoms with Crippen molar-refractivity contribution < 1.29 is 27.5 Å². The Kier molecular flexibility index (Phi) is 5.66. The third-order valence-electron chi connectivity index (χ3n) is 4.37. The number of ether oxygens (including phenoxy) is 1. The molecule has 1 aromatic carbocycles. The van der Waals surface area contributed by atoms with Crippen LogP contribution >= 0.6 is 0 Å². The molecule has 1 amide bonds. The quantitative estimate of drug-likeness (QED) is 0.797. The summed E-state index contributed by atoms with van der Waals surface area (Å²) in [4.78, 5) is 40.5. The lowest BCUT2D eigenvalue weighted by Gasteiger charge is -2.11. The smallest absolute Gasteiger partial charge is 0.405 e. The molecule has 0 saturated carbocycles. The van der Waals surface area contributed by atoms with Crippen molar-refractivity contribution in [3.63, 3.8) is 0 Å². The number of fused-ring (bicyclic) bond motifs is 2. The molecule has 2 heterocycles. The molecule has 28 heavy (non-hydrogen) atoms. The molecule has 1 aliphatic heterocycles. The van der Waals surface area contributed by atoms with Gasteiger partial charge in [-0.2, -0.15) is 13.2 Å². The average molecular weight is 397 g/mol. The molecule has 0 atom stereocenters. The number of carbonyl (C=O) groups is 2. The van der Waals surface area contributed by atoms with Gasteiger partial charge < -0.3 is 10.1 Å². The molecule has 10 heteroatoms. The van der Waals surface area contributed by atoms with Gasteiger partial charge in [0.1, 0.15) is 12.4 Å². The second-order valence-electron chi connectivity index (χ2n) is 6.50. The monoisotopic (exact) mass is 397 g/mol. The van der Waals surface area contributed by atoms with Gasteiger partial charge in [-0.25, -0.2) is 9.78 Å². The van der Waals surface area contributed by atoms with Crippen molar-refractivity contribution in [3.05, 3.63) is 39.9 Å². The van der Waals surface area contributed by atoms with E-state index in [1.54, 1.807) is 9.88 Å². The van der Waals surface area contributed by atoms with Crippen LogP contribution in [0.25, 0.3) is 10.9 Å². The predicted molar refractivity (Wildman–Crippen MR) is 92.9 cm³/mol. The maximum atomic E-state index is 12.6. The van der Waals surface area contributed by atoms with Crippen molar-refractivity contribution in [2.75, 3.05) is 13.2 Å². The van der Waals surface area contributed by atoms with E-state index in [4.69, 9.17) is 4.74 Å². The number of aryl methyl sites for hydroxylation is 1. The van der Waals surface area contributed by atoms with Gasteiger partial charge in [-0.15, -0.1) is 0 Å². The molecule has 0 spiro atoms. The summed E-state index contributed by atoms with van der Waals surface area (Å²) in [5.74, 6) is -1.29. The predicted octanol–water partition coefficient (Wildman–Crippen LogP) is 1.96. The van der Waals surface area contributed by atoms with Gasteiger partial charge in [0.15, 0.2) is 6.61 Å². The van der Waals surface area contributed by atoms with Crippen LogP contribution in [0.4, 0.5) is 13.2 Å². The Hall–Kier alpha value is -2.91. The van der Waals surface area contributed by atoms with Crippen LogP contribution in [-0.4, -0.2) is 40.8 Å². The number of amides is 1. The maximum Gasteiger partial charge on any atom is 0.405 e. The molecule has 7 nitrogen and oxygen atoms in total. The fraction of sp³-hybridized carbons (Fsp3) is 0.444. The first-order chi connectivity index (χ1) is 13.2. The van der Waals surface area contributed by atoms with Crippen LogP contribution in [0.1, 0.15) is 35.4 Å². The molecule has 0 radical (unpaired) electrons. The van der Waals surface area contributed by atoms with Crippen LogP contribution < -0.4 is 10.9 Å². The number of nitrogens with one attached hydrogen (secondary N) is 1. The van der Waals surface area contributed by atoms with Gasteiger partial charge in [-0.05, 0) is 31.0 Å². The summed E-state index contributed by atoms with van der Waals surface area (Å²) >= 11 is 0. The highest BCUT2D eigenvalue weighted by Gasteiger charge is 2.27. The van der Waals surface area contributed by atoms with Crippen LogP contribution in [0.3, 0.4) is 0 Å². The minimum absolute atomic E-state index is 0.0570. The third-order valence-corrected chi connectivity index (χ3v) is 4.37. The van der Waals surface area contributed by atoms with E-state index in [1.165, 1.54) is 18.2 Å². The molecule has 0 saturated heterocycles. The highest BCUT2D eigenvalue weighted by molar-refractivity contribution is 5.95. The van der Waals surface area contributed by atoms with Crippen molar-refractivity contribution in [1.29, 1.82) is 0 Å². The van der Waals surface area contributed by atoms with Crippen LogP contribution in [-0.2, 0) is 22.5 Å². The zero-order chi connectivity index (χ0) is 20.3. The molecular weight excluding hydrogens is 379 g/mol. The van der Waals surface area contributed by atoms with Crippen molar-refractivity contribution in [2.45, 2.75) is 38.4 Å². The van der Waals surface area contributed by atoms with Gasteiger partial charge in [-0.3, -0.25) is 14.2 Å². The van der Waals surface area contributed by atoms with Gasteiger partial charge in [0, 0.05) is 13.0 Å². The van der Waals surface area contributed by atoms with E-state index >= 15 is 0 Å². The SMILES string of the molecule is O=C(COC(=O)c1ccc2c(=O)n3c(nc2c1)CCCCC3)NCC(F)(F)F. The Bertz CT molecular complexity index is 969. The van der Waals surface area contributed by atoms with Crippen molar-refractivity contribution >= 4 is 22.8 Å². The fourth-order valence-electron chi connectivity index (χ4n) is 3.01. The molecule has 1 N–H and O–H groups in total. The van der Waals surface area contributed by atoms with E-state index < -0.39 is 31.2 Å². The molecule has 150 valence electrons. The van der Waals surface area contributed by atoms with Gasteiger partial charge in [0.2, 0.25) is 0 Å². The lowest BCUT2D eigenvalue weighted by Crippen LogP contribution is -2.36. The zero-order valence-corrected chi connectivity index (χ0v) is 14.8. The van der Waals surface area contributed by atoms with E-state index in [0.717, 1.165) is 19.3 Å². The number of rotatable bonds is 4. The Balaban J connectivity index is 1.74. The van der Waals surface area contributed by atoms with Crippen molar-refractivity contribution in [1.82, 2.24) is 14.9 Å². The summed E-state index contributed by atoms with van der Waals surface area (Å²) in [6.07, 6.45) is -1.05. The summed E-state index contributed by atoms with van der Waals surface area (Å²) in [6.45, 7) is -1.74. The number of aromatic nitrogens is 2.